The van der Waals surface area contributed by atoms with Crippen molar-refractivity contribution in [3.05, 3.63) is 0 Å². The summed E-state index contributed by atoms with van der Waals surface area (Å²) in [6.07, 6.45) is 2.36. The van der Waals surface area contributed by atoms with E-state index in [2.05, 4.69) is 13.8 Å². The predicted molar refractivity (Wildman–Crippen MR) is 51.4 cm³/mol. The average molecular weight is 182 g/mol. The highest BCUT2D eigenvalue weighted by Crippen LogP contribution is 2.31. The van der Waals surface area contributed by atoms with Gasteiger partial charge in [-0.2, -0.15) is 0 Å². The molecule has 1 saturated carbocycles. The first-order chi connectivity index (χ1) is 6.02. The molecule has 1 fully saturated rings. The minimum absolute atomic E-state index is 0.0513. The number of hydrogen-bond acceptors (Lipinski definition) is 2. The van der Waals surface area contributed by atoms with E-state index in [1.807, 2.05) is 0 Å². The summed E-state index contributed by atoms with van der Waals surface area (Å²) in [6.45, 7) is 5.86. The Morgan fingerprint density at radius 2 is 2.08 bits per heavy atom. The zero-order chi connectivity index (χ0) is 10.0. The number of Topliss-reactive ketones (excluding diaryl/α,β-unsaturated/α-hetero) is 2. The lowest BCUT2D eigenvalue weighted by Crippen LogP contribution is -2.31. The number of carbonyl (C=O) groups excluding carboxylic acids is 2. The normalized spacial score (nSPS) is 29.4. The van der Waals surface area contributed by atoms with Crippen LogP contribution in [0.1, 0.15) is 40.0 Å². The smallest absolute Gasteiger partial charge is 0.143 e. The highest BCUT2D eigenvalue weighted by Gasteiger charge is 2.32. The van der Waals surface area contributed by atoms with Crippen molar-refractivity contribution in [2.24, 2.45) is 17.8 Å². The molecule has 2 unspecified atom stereocenters. The topological polar surface area (TPSA) is 34.1 Å². The minimum Gasteiger partial charge on any atom is -0.299 e. The zero-order valence-electron chi connectivity index (χ0n) is 8.67. The van der Waals surface area contributed by atoms with Crippen LogP contribution in [-0.2, 0) is 9.59 Å². The van der Waals surface area contributed by atoms with Crippen LogP contribution in [0.2, 0.25) is 0 Å². The van der Waals surface area contributed by atoms with Gasteiger partial charge in [-0.05, 0) is 31.6 Å². The Balaban J connectivity index is 2.63. The van der Waals surface area contributed by atoms with Crippen molar-refractivity contribution in [1.29, 1.82) is 0 Å². The van der Waals surface area contributed by atoms with E-state index in [1.165, 1.54) is 6.92 Å². The first-order valence-corrected chi connectivity index (χ1v) is 5.05. The van der Waals surface area contributed by atoms with Crippen LogP contribution in [-0.4, -0.2) is 11.6 Å². The number of hydrogen-bond donors (Lipinski definition) is 0. The maximum absolute atomic E-state index is 11.4. The van der Waals surface area contributed by atoms with Crippen molar-refractivity contribution in [2.45, 2.75) is 40.0 Å². The fourth-order valence-electron chi connectivity index (χ4n) is 2.05. The van der Waals surface area contributed by atoms with Gasteiger partial charge in [0.1, 0.15) is 11.6 Å². The maximum atomic E-state index is 11.4. The van der Waals surface area contributed by atoms with Gasteiger partial charge in [0, 0.05) is 6.42 Å². The molecular formula is C11H18O2. The van der Waals surface area contributed by atoms with Crippen LogP contribution in [0.5, 0.6) is 0 Å². The molecule has 2 nitrogen and oxygen atoms in total. The van der Waals surface area contributed by atoms with E-state index in [0.29, 0.717) is 18.3 Å². The number of carbonyl (C=O) groups is 2. The second kappa shape index (κ2) is 4.03. The molecule has 0 amide bonds. The molecule has 1 rings (SSSR count). The SMILES string of the molecule is CC(=O)C1CC(C(C)C)CCC1=O. The molecular weight excluding hydrogens is 164 g/mol. The maximum Gasteiger partial charge on any atom is 0.143 e. The van der Waals surface area contributed by atoms with Gasteiger partial charge in [0.15, 0.2) is 0 Å². The van der Waals surface area contributed by atoms with Crippen LogP contribution in [0.15, 0.2) is 0 Å². The molecule has 1 aliphatic carbocycles. The standard InChI is InChI=1S/C11H18O2/c1-7(2)9-4-5-11(13)10(6-9)8(3)12/h7,9-10H,4-6H2,1-3H3. The molecule has 0 aromatic carbocycles. The molecule has 0 bridgehead atoms. The number of rotatable bonds is 2. The van der Waals surface area contributed by atoms with Crippen molar-refractivity contribution in [1.82, 2.24) is 0 Å². The summed E-state index contributed by atoms with van der Waals surface area (Å²) in [5.74, 6) is 1.07. The van der Waals surface area contributed by atoms with Crippen LogP contribution in [0, 0.1) is 17.8 Å². The zero-order valence-corrected chi connectivity index (χ0v) is 8.67. The lowest BCUT2D eigenvalue weighted by molar-refractivity contribution is -0.134. The van der Waals surface area contributed by atoms with E-state index in [-0.39, 0.29) is 17.5 Å². The molecule has 1 aliphatic rings. The Hall–Kier alpha value is -0.660. The Morgan fingerprint density at radius 1 is 1.46 bits per heavy atom. The van der Waals surface area contributed by atoms with E-state index in [4.69, 9.17) is 0 Å². The van der Waals surface area contributed by atoms with Crippen LogP contribution in [0.3, 0.4) is 0 Å². The summed E-state index contributed by atoms with van der Waals surface area (Å²) < 4.78 is 0. The molecule has 0 spiro atoms. The van der Waals surface area contributed by atoms with E-state index in [1.54, 1.807) is 0 Å². The van der Waals surface area contributed by atoms with E-state index >= 15 is 0 Å². The molecule has 0 aromatic rings. The Bertz CT molecular complexity index is 218. The molecule has 0 aliphatic heterocycles. The monoisotopic (exact) mass is 182 g/mol. The van der Waals surface area contributed by atoms with Gasteiger partial charge in [0.2, 0.25) is 0 Å². The van der Waals surface area contributed by atoms with Crippen molar-refractivity contribution in [3.63, 3.8) is 0 Å². The summed E-state index contributed by atoms with van der Waals surface area (Å²) in [4.78, 5) is 22.5. The fraction of sp³-hybridized carbons (Fsp3) is 0.818. The third-order valence-corrected chi connectivity index (χ3v) is 3.12. The third-order valence-electron chi connectivity index (χ3n) is 3.12. The van der Waals surface area contributed by atoms with Crippen molar-refractivity contribution < 1.29 is 9.59 Å². The fourth-order valence-corrected chi connectivity index (χ4v) is 2.05. The molecule has 2 atom stereocenters. The van der Waals surface area contributed by atoms with Gasteiger partial charge < -0.3 is 0 Å². The van der Waals surface area contributed by atoms with Gasteiger partial charge in [-0.15, -0.1) is 0 Å². The van der Waals surface area contributed by atoms with Crippen LogP contribution in [0.25, 0.3) is 0 Å². The molecule has 0 heterocycles. The highest BCUT2D eigenvalue weighted by atomic mass is 16.1. The van der Waals surface area contributed by atoms with Gasteiger partial charge in [-0.3, -0.25) is 9.59 Å². The van der Waals surface area contributed by atoms with Gasteiger partial charge >= 0.3 is 0 Å². The summed E-state index contributed by atoms with van der Waals surface area (Å²) in [5.41, 5.74) is 0. The molecule has 0 N–H and O–H groups in total. The van der Waals surface area contributed by atoms with Crippen molar-refractivity contribution >= 4 is 11.6 Å². The second-order valence-electron chi connectivity index (χ2n) is 4.41. The Morgan fingerprint density at radius 3 is 2.54 bits per heavy atom. The number of ketones is 2. The van der Waals surface area contributed by atoms with Crippen LogP contribution >= 0.6 is 0 Å². The molecule has 13 heavy (non-hydrogen) atoms. The summed E-state index contributed by atoms with van der Waals surface area (Å²) in [7, 11) is 0. The highest BCUT2D eigenvalue weighted by molar-refractivity contribution is 6.01. The van der Waals surface area contributed by atoms with Gasteiger partial charge in [0.05, 0.1) is 5.92 Å². The summed E-state index contributed by atoms with van der Waals surface area (Å²) in [6, 6.07) is 0. The lowest BCUT2D eigenvalue weighted by Gasteiger charge is -2.29. The molecule has 2 heteroatoms. The third kappa shape index (κ3) is 2.39. The van der Waals surface area contributed by atoms with Gasteiger partial charge in [-0.1, -0.05) is 13.8 Å². The van der Waals surface area contributed by atoms with E-state index in [0.717, 1.165) is 12.8 Å². The largest absolute Gasteiger partial charge is 0.299 e. The molecule has 0 radical (unpaired) electrons. The first kappa shape index (κ1) is 10.4. The van der Waals surface area contributed by atoms with E-state index < -0.39 is 0 Å². The molecule has 0 saturated heterocycles. The molecule has 74 valence electrons. The lowest BCUT2D eigenvalue weighted by atomic mass is 9.74. The van der Waals surface area contributed by atoms with Crippen molar-refractivity contribution in [2.75, 3.05) is 0 Å². The second-order valence-corrected chi connectivity index (χ2v) is 4.41. The van der Waals surface area contributed by atoms with Crippen LogP contribution < -0.4 is 0 Å². The quantitative estimate of drug-likeness (QED) is 0.614. The summed E-state index contributed by atoms with van der Waals surface area (Å²) in [5, 5.41) is 0. The van der Waals surface area contributed by atoms with Gasteiger partial charge in [0.25, 0.3) is 0 Å². The first-order valence-electron chi connectivity index (χ1n) is 5.05. The minimum atomic E-state index is -0.291. The van der Waals surface area contributed by atoms with Gasteiger partial charge in [-0.25, -0.2) is 0 Å². The Kier molecular flexibility index (Phi) is 3.23. The van der Waals surface area contributed by atoms with E-state index in [9.17, 15) is 9.59 Å². The average Bonchev–Trinajstić information content (AvgIpc) is 2.04. The van der Waals surface area contributed by atoms with Crippen LogP contribution in [0.4, 0.5) is 0 Å². The Labute approximate surface area is 79.7 Å². The molecule has 0 aromatic heterocycles. The predicted octanol–water partition coefficient (Wildman–Crippen LogP) is 2.22. The summed E-state index contributed by atoms with van der Waals surface area (Å²) >= 11 is 0. The van der Waals surface area contributed by atoms with Crippen molar-refractivity contribution in [3.8, 4) is 0 Å².